The number of unbranched alkanes of at least 4 members (excludes halogenated alkanes) is 1. The van der Waals surface area contributed by atoms with Crippen LogP contribution in [0.15, 0.2) is 78.9 Å². The maximum atomic E-state index is 13.6. The van der Waals surface area contributed by atoms with Crippen LogP contribution in [0, 0.1) is 6.92 Å². The highest BCUT2D eigenvalue weighted by molar-refractivity contribution is 5.88. The van der Waals surface area contributed by atoms with Crippen molar-refractivity contribution in [1.29, 1.82) is 0 Å². The lowest BCUT2D eigenvalue weighted by Crippen LogP contribution is -2.51. The minimum absolute atomic E-state index is 0.164. The Morgan fingerprint density at radius 1 is 0.944 bits per heavy atom. The van der Waals surface area contributed by atoms with E-state index in [9.17, 15) is 9.59 Å². The van der Waals surface area contributed by atoms with Crippen molar-refractivity contribution in [2.24, 2.45) is 0 Å². The van der Waals surface area contributed by atoms with Crippen molar-refractivity contribution in [2.75, 3.05) is 20.3 Å². The third kappa shape index (κ3) is 7.87. The summed E-state index contributed by atoms with van der Waals surface area (Å²) < 4.78 is 11.3. The number of nitrogens with one attached hydrogen (secondary N) is 1. The Labute approximate surface area is 214 Å². The molecule has 0 aliphatic heterocycles. The maximum absolute atomic E-state index is 13.6. The van der Waals surface area contributed by atoms with Crippen LogP contribution in [-0.2, 0) is 22.6 Å². The van der Waals surface area contributed by atoms with Crippen LogP contribution in [0.4, 0.5) is 0 Å². The normalized spacial score (nSPS) is 11.4. The predicted molar refractivity (Wildman–Crippen MR) is 142 cm³/mol. The van der Waals surface area contributed by atoms with E-state index in [1.165, 1.54) is 0 Å². The molecule has 0 spiro atoms. The van der Waals surface area contributed by atoms with E-state index >= 15 is 0 Å². The van der Waals surface area contributed by atoms with Gasteiger partial charge in [0.2, 0.25) is 5.91 Å². The third-order valence-electron chi connectivity index (χ3n) is 6.03. The number of hydrogen-bond donors (Lipinski definition) is 1. The summed E-state index contributed by atoms with van der Waals surface area (Å²) in [4.78, 5) is 28.7. The lowest BCUT2D eigenvalue weighted by molar-refractivity contribution is -0.142. The average Bonchev–Trinajstić information content (AvgIpc) is 2.90. The molecule has 0 saturated heterocycles. The maximum Gasteiger partial charge on any atom is 0.261 e. The van der Waals surface area contributed by atoms with Crippen molar-refractivity contribution in [3.63, 3.8) is 0 Å². The Bertz CT molecular complexity index is 1120. The minimum atomic E-state index is -0.691. The van der Waals surface area contributed by atoms with Gasteiger partial charge in [-0.1, -0.05) is 74.0 Å². The number of benzene rings is 3. The molecule has 0 aliphatic carbocycles. The summed E-state index contributed by atoms with van der Waals surface area (Å²) in [5.74, 6) is 0.925. The van der Waals surface area contributed by atoms with Crippen LogP contribution in [0.5, 0.6) is 11.5 Å². The molecule has 0 fully saturated rings. The van der Waals surface area contributed by atoms with Crippen LogP contribution < -0.4 is 14.8 Å². The molecule has 0 heterocycles. The largest absolute Gasteiger partial charge is 0.497 e. The van der Waals surface area contributed by atoms with Crippen molar-refractivity contribution >= 4 is 11.8 Å². The van der Waals surface area contributed by atoms with Gasteiger partial charge in [-0.3, -0.25) is 9.59 Å². The van der Waals surface area contributed by atoms with Gasteiger partial charge in [0, 0.05) is 19.5 Å². The average molecular weight is 489 g/mol. The second-order valence-corrected chi connectivity index (χ2v) is 8.78. The summed E-state index contributed by atoms with van der Waals surface area (Å²) in [6.45, 7) is 4.68. The van der Waals surface area contributed by atoms with Crippen LogP contribution in [0.2, 0.25) is 0 Å². The fourth-order valence-electron chi connectivity index (χ4n) is 3.97. The van der Waals surface area contributed by atoms with Crippen LogP contribution in [0.25, 0.3) is 0 Å². The Kier molecular flexibility index (Phi) is 10.4. The molecule has 3 rings (SSSR count). The van der Waals surface area contributed by atoms with E-state index in [4.69, 9.17) is 9.47 Å². The second kappa shape index (κ2) is 13.9. The summed E-state index contributed by atoms with van der Waals surface area (Å²) >= 11 is 0. The molecule has 190 valence electrons. The van der Waals surface area contributed by atoms with Gasteiger partial charge >= 0.3 is 0 Å². The van der Waals surface area contributed by atoms with Gasteiger partial charge in [0.15, 0.2) is 6.61 Å². The molecule has 0 unspecified atom stereocenters. The van der Waals surface area contributed by atoms with Crippen molar-refractivity contribution in [3.05, 3.63) is 95.6 Å². The van der Waals surface area contributed by atoms with Crippen LogP contribution >= 0.6 is 0 Å². The fourth-order valence-corrected chi connectivity index (χ4v) is 3.97. The topological polar surface area (TPSA) is 67.9 Å². The second-order valence-electron chi connectivity index (χ2n) is 8.78. The smallest absolute Gasteiger partial charge is 0.261 e. The molecule has 6 heteroatoms. The summed E-state index contributed by atoms with van der Waals surface area (Å²) in [6, 6.07) is 24.2. The van der Waals surface area contributed by atoms with E-state index in [1.54, 1.807) is 12.0 Å². The van der Waals surface area contributed by atoms with Gasteiger partial charge in [-0.15, -0.1) is 0 Å². The molecule has 3 aromatic rings. The molecule has 3 aromatic carbocycles. The lowest BCUT2D eigenvalue weighted by Gasteiger charge is -2.31. The standard InChI is InChI=1S/C30H36N2O4/c1-4-5-18-31-30(34)27(20-24-13-7-6-8-14-24)32(21-25-15-11-16-26(19-25)35-3)29(33)22-36-28-17-10-9-12-23(28)2/h6-17,19,27H,4-5,18,20-22H2,1-3H3,(H,31,34)/t27-/m1/s1. The Hall–Kier alpha value is -3.80. The number of hydrogen-bond acceptors (Lipinski definition) is 4. The van der Waals surface area contributed by atoms with Gasteiger partial charge < -0.3 is 19.7 Å². The number of para-hydroxylation sites is 1. The summed E-state index contributed by atoms with van der Waals surface area (Å²) in [5.41, 5.74) is 2.80. The van der Waals surface area contributed by atoms with Crippen LogP contribution in [0.3, 0.4) is 0 Å². The molecule has 1 N–H and O–H groups in total. The zero-order valence-corrected chi connectivity index (χ0v) is 21.4. The fraction of sp³-hybridized carbons (Fsp3) is 0.333. The van der Waals surface area contributed by atoms with E-state index in [0.29, 0.717) is 24.5 Å². The van der Waals surface area contributed by atoms with E-state index in [1.807, 2.05) is 85.8 Å². The monoisotopic (exact) mass is 488 g/mol. The quantitative estimate of drug-likeness (QED) is 0.346. The Morgan fingerprint density at radius 3 is 2.39 bits per heavy atom. The summed E-state index contributed by atoms with van der Waals surface area (Å²) in [7, 11) is 1.61. The molecule has 36 heavy (non-hydrogen) atoms. The number of ether oxygens (including phenoxy) is 2. The van der Waals surface area contributed by atoms with E-state index in [0.717, 1.165) is 29.5 Å². The molecule has 1 atom stereocenters. The van der Waals surface area contributed by atoms with Crippen LogP contribution in [0.1, 0.15) is 36.5 Å². The van der Waals surface area contributed by atoms with E-state index < -0.39 is 6.04 Å². The predicted octanol–water partition coefficient (Wildman–Crippen LogP) is 4.94. The Morgan fingerprint density at radius 2 is 1.67 bits per heavy atom. The molecule has 0 aromatic heterocycles. The highest BCUT2D eigenvalue weighted by atomic mass is 16.5. The van der Waals surface area contributed by atoms with Crippen molar-refractivity contribution in [2.45, 2.75) is 45.7 Å². The molecular formula is C30H36N2O4. The number of amides is 2. The number of nitrogens with zero attached hydrogens (tertiary/aromatic N) is 1. The minimum Gasteiger partial charge on any atom is -0.497 e. The first-order valence-electron chi connectivity index (χ1n) is 12.4. The third-order valence-corrected chi connectivity index (χ3v) is 6.03. The molecule has 2 amide bonds. The number of rotatable bonds is 13. The lowest BCUT2D eigenvalue weighted by atomic mass is 10.0. The highest BCUT2D eigenvalue weighted by Gasteiger charge is 2.30. The first-order valence-corrected chi connectivity index (χ1v) is 12.4. The number of carbonyl (C=O) groups is 2. The van der Waals surface area contributed by atoms with Gasteiger partial charge in [-0.2, -0.15) is 0 Å². The van der Waals surface area contributed by atoms with E-state index in [2.05, 4.69) is 12.2 Å². The summed E-state index contributed by atoms with van der Waals surface area (Å²) in [5, 5.41) is 3.03. The van der Waals surface area contributed by atoms with Gasteiger partial charge in [-0.25, -0.2) is 0 Å². The zero-order chi connectivity index (χ0) is 25.8. The Balaban J connectivity index is 1.91. The molecule has 0 aliphatic rings. The first-order chi connectivity index (χ1) is 17.5. The van der Waals surface area contributed by atoms with E-state index in [-0.39, 0.29) is 25.0 Å². The van der Waals surface area contributed by atoms with Crippen molar-refractivity contribution in [3.8, 4) is 11.5 Å². The van der Waals surface area contributed by atoms with Gasteiger partial charge in [-0.05, 0) is 48.2 Å². The first kappa shape index (κ1) is 26.8. The number of methoxy groups -OCH3 is 1. The van der Waals surface area contributed by atoms with Gasteiger partial charge in [0.1, 0.15) is 17.5 Å². The SMILES string of the molecule is CCCCNC(=O)[C@@H](Cc1ccccc1)N(Cc1cccc(OC)c1)C(=O)COc1ccccc1C. The number of carbonyl (C=O) groups excluding carboxylic acids is 2. The number of aryl methyl sites for hydroxylation is 1. The van der Waals surface area contributed by atoms with Gasteiger partial charge in [0.25, 0.3) is 5.91 Å². The zero-order valence-electron chi connectivity index (χ0n) is 21.4. The molecular weight excluding hydrogens is 452 g/mol. The molecule has 0 saturated carbocycles. The van der Waals surface area contributed by atoms with Crippen LogP contribution in [-0.4, -0.2) is 43.0 Å². The van der Waals surface area contributed by atoms with Gasteiger partial charge in [0.05, 0.1) is 7.11 Å². The molecule has 0 radical (unpaired) electrons. The molecule has 0 bridgehead atoms. The molecule has 6 nitrogen and oxygen atoms in total. The van der Waals surface area contributed by atoms with Crippen molar-refractivity contribution in [1.82, 2.24) is 10.2 Å². The highest BCUT2D eigenvalue weighted by Crippen LogP contribution is 2.20. The summed E-state index contributed by atoms with van der Waals surface area (Å²) in [6.07, 6.45) is 2.25. The van der Waals surface area contributed by atoms with Crippen molar-refractivity contribution < 1.29 is 19.1 Å².